The summed E-state index contributed by atoms with van der Waals surface area (Å²) >= 11 is 1.16. The van der Waals surface area contributed by atoms with Crippen molar-refractivity contribution in [2.75, 3.05) is 0 Å². The third-order valence-corrected chi connectivity index (χ3v) is 2.06. The van der Waals surface area contributed by atoms with E-state index >= 15 is 0 Å². The third kappa shape index (κ3) is 3.85. The molecule has 88 valence electrons. The van der Waals surface area contributed by atoms with Gasteiger partial charge in [-0.15, -0.1) is 11.3 Å². The van der Waals surface area contributed by atoms with Crippen molar-refractivity contribution in [2.24, 2.45) is 0 Å². The Morgan fingerprint density at radius 2 is 2.19 bits per heavy atom. The molecule has 0 saturated carbocycles. The Morgan fingerprint density at radius 1 is 1.50 bits per heavy atom. The Balaban J connectivity index is 2.34. The first-order valence-electron chi connectivity index (χ1n) is 3.85. The van der Waals surface area contributed by atoms with E-state index in [-0.39, 0.29) is 6.42 Å². The lowest BCUT2D eigenvalue weighted by Crippen LogP contribution is -2.35. The van der Waals surface area contributed by atoms with Gasteiger partial charge in [-0.2, -0.15) is 18.7 Å². The van der Waals surface area contributed by atoms with Crippen molar-refractivity contribution >= 4 is 23.2 Å². The van der Waals surface area contributed by atoms with Gasteiger partial charge in [-0.05, 0) is 0 Å². The maximum absolute atomic E-state index is 11.6. The zero-order valence-electron chi connectivity index (χ0n) is 7.58. The smallest absolute Gasteiger partial charge is 0.332 e. The number of hydroxylamine groups is 1. The summed E-state index contributed by atoms with van der Waals surface area (Å²) in [5.74, 6) is -3.35. The number of rotatable bonds is 2. The molecule has 0 aliphatic carbocycles. The molecule has 0 fully saturated rings. The number of carbonyl (C=O) groups is 2. The molecule has 0 aromatic carbocycles. The minimum atomic E-state index is -5.13. The van der Waals surface area contributed by atoms with Gasteiger partial charge in [-0.25, -0.2) is 9.78 Å². The van der Waals surface area contributed by atoms with Gasteiger partial charge < -0.3 is 4.84 Å². The van der Waals surface area contributed by atoms with Gasteiger partial charge in [0.1, 0.15) is 5.01 Å². The molecule has 1 aromatic rings. The van der Waals surface area contributed by atoms with Crippen LogP contribution in [0.15, 0.2) is 11.6 Å². The second-order valence-corrected chi connectivity index (χ2v) is 3.49. The molecule has 0 unspecified atom stereocenters. The minimum absolute atomic E-state index is 0.247. The van der Waals surface area contributed by atoms with Crippen LogP contribution in [0, 0.1) is 0 Å². The first-order chi connectivity index (χ1) is 7.39. The summed E-state index contributed by atoms with van der Waals surface area (Å²) in [6, 6.07) is 0. The monoisotopic (exact) mass is 254 g/mol. The molecule has 1 aromatic heterocycles. The van der Waals surface area contributed by atoms with Crippen LogP contribution in [-0.2, 0) is 20.8 Å². The molecule has 0 aliphatic heterocycles. The Kier molecular flexibility index (Phi) is 3.82. The quantitative estimate of drug-likeness (QED) is 0.793. The SMILES string of the molecule is O=C(Cc1nccs1)NOC(=O)C(F)(F)F. The van der Waals surface area contributed by atoms with E-state index in [1.54, 1.807) is 5.38 Å². The first kappa shape index (κ1) is 12.4. The number of alkyl halides is 3. The molecule has 1 heterocycles. The summed E-state index contributed by atoms with van der Waals surface area (Å²) in [6.07, 6.45) is -3.94. The number of hydrogen-bond donors (Lipinski definition) is 1. The van der Waals surface area contributed by atoms with E-state index in [0.29, 0.717) is 5.01 Å². The standard InChI is InChI=1S/C7H5F3N2O3S/c8-7(9,10)6(14)15-12-4(13)3-5-11-1-2-16-5/h1-2H,3H2,(H,12,13). The van der Waals surface area contributed by atoms with Crippen LogP contribution in [-0.4, -0.2) is 23.0 Å². The summed E-state index contributed by atoms with van der Waals surface area (Å²) in [5, 5.41) is 2.00. The van der Waals surface area contributed by atoms with E-state index in [0.717, 1.165) is 11.3 Å². The van der Waals surface area contributed by atoms with Gasteiger partial charge in [0.25, 0.3) is 5.91 Å². The fourth-order valence-corrected chi connectivity index (χ4v) is 1.29. The van der Waals surface area contributed by atoms with Crippen LogP contribution < -0.4 is 5.48 Å². The van der Waals surface area contributed by atoms with Gasteiger partial charge >= 0.3 is 12.1 Å². The molecule has 0 spiro atoms. The number of amides is 1. The van der Waals surface area contributed by atoms with Gasteiger partial charge in [0, 0.05) is 11.6 Å². The van der Waals surface area contributed by atoms with E-state index in [1.807, 2.05) is 0 Å². The predicted molar refractivity (Wildman–Crippen MR) is 46.1 cm³/mol. The molecule has 1 N–H and O–H groups in total. The van der Waals surface area contributed by atoms with Crippen LogP contribution in [0.5, 0.6) is 0 Å². The summed E-state index contributed by atoms with van der Waals surface area (Å²) < 4.78 is 34.9. The number of nitrogens with zero attached hydrogens (tertiary/aromatic N) is 1. The fraction of sp³-hybridized carbons (Fsp3) is 0.286. The third-order valence-electron chi connectivity index (χ3n) is 1.28. The molecule has 16 heavy (non-hydrogen) atoms. The maximum Gasteiger partial charge on any atom is 0.493 e. The molecule has 1 rings (SSSR count). The minimum Gasteiger partial charge on any atom is -0.332 e. The Bertz CT molecular complexity index is 377. The van der Waals surface area contributed by atoms with Gasteiger partial charge in [0.05, 0.1) is 6.42 Å². The average Bonchev–Trinajstić information content (AvgIpc) is 2.65. The summed E-state index contributed by atoms with van der Waals surface area (Å²) in [4.78, 5) is 28.4. The Labute approximate surface area is 91.2 Å². The highest BCUT2D eigenvalue weighted by atomic mass is 32.1. The lowest BCUT2D eigenvalue weighted by atomic mass is 10.4. The molecule has 0 radical (unpaired) electrons. The van der Waals surface area contributed by atoms with Crippen LogP contribution in [0.1, 0.15) is 5.01 Å². The van der Waals surface area contributed by atoms with E-state index in [4.69, 9.17) is 0 Å². The zero-order chi connectivity index (χ0) is 12.2. The van der Waals surface area contributed by atoms with Crippen molar-refractivity contribution in [3.8, 4) is 0 Å². The highest BCUT2D eigenvalue weighted by Gasteiger charge is 2.41. The number of thiazole rings is 1. The van der Waals surface area contributed by atoms with Crippen molar-refractivity contribution in [1.82, 2.24) is 10.5 Å². The van der Waals surface area contributed by atoms with Crippen molar-refractivity contribution < 1.29 is 27.6 Å². The number of carbonyl (C=O) groups excluding carboxylic acids is 2. The number of halogens is 3. The molecule has 0 saturated heterocycles. The van der Waals surface area contributed by atoms with E-state index < -0.39 is 18.1 Å². The molecule has 5 nitrogen and oxygen atoms in total. The lowest BCUT2D eigenvalue weighted by molar-refractivity contribution is -0.207. The average molecular weight is 254 g/mol. The fourth-order valence-electron chi connectivity index (χ4n) is 0.675. The van der Waals surface area contributed by atoms with Crippen LogP contribution in [0.2, 0.25) is 0 Å². The number of hydrogen-bond acceptors (Lipinski definition) is 5. The van der Waals surface area contributed by atoms with Crippen LogP contribution >= 0.6 is 11.3 Å². The highest BCUT2D eigenvalue weighted by Crippen LogP contribution is 2.15. The van der Waals surface area contributed by atoms with Gasteiger partial charge in [-0.1, -0.05) is 0 Å². The van der Waals surface area contributed by atoms with Crippen molar-refractivity contribution in [2.45, 2.75) is 12.6 Å². The van der Waals surface area contributed by atoms with Crippen LogP contribution in [0.25, 0.3) is 0 Å². The van der Waals surface area contributed by atoms with Crippen LogP contribution in [0.3, 0.4) is 0 Å². The number of aromatic nitrogens is 1. The summed E-state index contributed by atoms with van der Waals surface area (Å²) in [7, 11) is 0. The van der Waals surface area contributed by atoms with Gasteiger partial charge in [0.15, 0.2) is 0 Å². The Hall–Kier alpha value is -1.64. The largest absolute Gasteiger partial charge is 0.493 e. The molecular formula is C7H5F3N2O3S. The molecule has 0 atom stereocenters. The molecule has 0 aliphatic rings. The van der Waals surface area contributed by atoms with Gasteiger partial charge in [-0.3, -0.25) is 4.79 Å². The second-order valence-electron chi connectivity index (χ2n) is 2.52. The van der Waals surface area contributed by atoms with E-state index in [1.165, 1.54) is 11.7 Å². The summed E-state index contributed by atoms with van der Waals surface area (Å²) in [5.41, 5.74) is 1.39. The van der Waals surface area contributed by atoms with E-state index in [9.17, 15) is 22.8 Å². The van der Waals surface area contributed by atoms with Gasteiger partial charge in [0.2, 0.25) is 0 Å². The normalized spacial score (nSPS) is 10.9. The highest BCUT2D eigenvalue weighted by molar-refractivity contribution is 7.09. The first-order valence-corrected chi connectivity index (χ1v) is 4.73. The van der Waals surface area contributed by atoms with Crippen molar-refractivity contribution in [3.63, 3.8) is 0 Å². The maximum atomic E-state index is 11.6. The molecule has 9 heteroatoms. The molecular weight excluding hydrogens is 249 g/mol. The number of nitrogens with one attached hydrogen (secondary N) is 1. The Morgan fingerprint density at radius 3 is 2.69 bits per heavy atom. The summed E-state index contributed by atoms with van der Waals surface area (Å²) in [6.45, 7) is 0. The van der Waals surface area contributed by atoms with Crippen molar-refractivity contribution in [3.05, 3.63) is 16.6 Å². The predicted octanol–water partition coefficient (Wildman–Crippen LogP) is 0.822. The molecule has 1 amide bonds. The zero-order valence-corrected chi connectivity index (χ0v) is 8.39. The van der Waals surface area contributed by atoms with Crippen molar-refractivity contribution in [1.29, 1.82) is 0 Å². The topological polar surface area (TPSA) is 68.3 Å². The lowest BCUT2D eigenvalue weighted by Gasteiger charge is -2.06. The molecule has 0 bridgehead atoms. The van der Waals surface area contributed by atoms with E-state index in [2.05, 4.69) is 9.82 Å². The van der Waals surface area contributed by atoms with Crippen LogP contribution in [0.4, 0.5) is 13.2 Å². The second kappa shape index (κ2) is 4.92.